The fraction of sp³-hybridized carbons (Fsp3) is 0.286. The van der Waals surface area contributed by atoms with E-state index < -0.39 is 5.85 Å². The third-order valence-electron chi connectivity index (χ3n) is 7.19. The maximum absolute atomic E-state index is 7.05. The number of rotatable bonds is 4. The highest BCUT2D eigenvalue weighted by Gasteiger charge is 2.41. The molecule has 1 aromatic heterocycles. The highest BCUT2D eigenvalue weighted by Crippen LogP contribution is 2.46. The quantitative estimate of drug-likeness (QED) is 0.570. The monoisotopic (exact) mass is 440 g/mol. The predicted octanol–water partition coefficient (Wildman–Crippen LogP) is 4.84. The van der Waals surface area contributed by atoms with E-state index in [1.54, 1.807) is 7.11 Å². The summed E-state index contributed by atoms with van der Waals surface area (Å²) in [5, 5.41) is 4.55. The second-order valence-electron chi connectivity index (χ2n) is 9.03. The number of nitrogens with one attached hydrogen (secondary N) is 1. The first-order chi connectivity index (χ1) is 15.9. The number of nitrogens with zero attached hydrogens (tertiary/aromatic N) is 2. The molecule has 2 atom stereocenters. The fourth-order valence-corrected chi connectivity index (χ4v) is 5.70. The molecular weight excluding hydrogens is 408 g/mol. The van der Waals surface area contributed by atoms with Crippen LogP contribution in [0.15, 0.2) is 73.3 Å². The molecule has 5 nitrogen and oxygen atoms in total. The van der Waals surface area contributed by atoms with E-state index in [0.717, 1.165) is 45.5 Å². The molecule has 170 valence electrons. The second-order valence-corrected chi connectivity index (χ2v) is 9.03. The van der Waals surface area contributed by atoms with Gasteiger partial charge in [0.05, 0.1) is 12.1 Å². The van der Waals surface area contributed by atoms with Crippen LogP contribution in [0.1, 0.15) is 30.2 Å². The first kappa shape index (κ1) is 21.7. The van der Waals surface area contributed by atoms with Crippen LogP contribution in [0.5, 0.6) is 0 Å². The molecule has 0 amide bonds. The summed E-state index contributed by atoms with van der Waals surface area (Å²) >= 11 is 0. The van der Waals surface area contributed by atoms with Crippen molar-refractivity contribution in [2.45, 2.75) is 31.8 Å². The number of para-hydroxylation sites is 2. The van der Waals surface area contributed by atoms with Gasteiger partial charge in [-0.25, -0.2) is 0 Å². The van der Waals surface area contributed by atoms with Crippen LogP contribution < -0.4 is 16.0 Å². The SMILES string of the molecule is C=C/C1=C(\CNC)c2c3n(c4ccccc24)[C@@](N)(OC)CC(C)N(C3)c2ccccc2C1=C. The molecule has 0 aliphatic carbocycles. The van der Waals surface area contributed by atoms with Gasteiger partial charge in [-0.3, -0.25) is 5.73 Å². The molecule has 33 heavy (non-hydrogen) atoms. The molecule has 5 heteroatoms. The minimum absolute atomic E-state index is 0.147. The number of fused-ring (bicyclic) bond motifs is 6. The maximum atomic E-state index is 7.05. The van der Waals surface area contributed by atoms with Crippen molar-refractivity contribution in [1.29, 1.82) is 0 Å². The highest BCUT2D eigenvalue weighted by atomic mass is 16.5. The lowest BCUT2D eigenvalue weighted by atomic mass is 9.90. The summed E-state index contributed by atoms with van der Waals surface area (Å²) in [5.74, 6) is -0.967. The van der Waals surface area contributed by atoms with E-state index in [-0.39, 0.29) is 6.04 Å². The fourth-order valence-electron chi connectivity index (χ4n) is 5.70. The van der Waals surface area contributed by atoms with Crippen LogP contribution in [0.4, 0.5) is 5.69 Å². The summed E-state index contributed by atoms with van der Waals surface area (Å²) < 4.78 is 8.29. The van der Waals surface area contributed by atoms with Gasteiger partial charge in [0.1, 0.15) is 0 Å². The number of nitrogens with two attached hydrogens (primary N) is 1. The van der Waals surface area contributed by atoms with Gasteiger partial charge in [-0.2, -0.15) is 0 Å². The van der Waals surface area contributed by atoms with Crippen molar-refractivity contribution in [3.05, 3.63) is 90.2 Å². The van der Waals surface area contributed by atoms with E-state index in [1.165, 1.54) is 11.1 Å². The van der Waals surface area contributed by atoms with E-state index >= 15 is 0 Å². The summed E-state index contributed by atoms with van der Waals surface area (Å²) in [4.78, 5) is 2.45. The van der Waals surface area contributed by atoms with Crippen molar-refractivity contribution < 1.29 is 4.74 Å². The lowest BCUT2D eigenvalue weighted by molar-refractivity contribution is -0.0789. The molecule has 0 saturated heterocycles. The van der Waals surface area contributed by atoms with Crippen molar-refractivity contribution in [2.24, 2.45) is 5.73 Å². The van der Waals surface area contributed by atoms with Crippen molar-refractivity contribution in [3.8, 4) is 0 Å². The minimum Gasteiger partial charge on any atom is -0.362 e. The Balaban J connectivity index is 2.00. The second kappa shape index (κ2) is 8.03. The zero-order valence-electron chi connectivity index (χ0n) is 19.7. The minimum atomic E-state index is -0.967. The normalized spacial score (nSPS) is 24.7. The standard InChI is InChI=1S/C28H32N4O/c1-6-20-19(3)21-11-7-9-13-24(21)31-17-26-27(23(20)16-30-4)22-12-8-10-14-25(22)32(26)28(29,33-5)15-18(31)2/h6-14,18,30H,1,3,15-17,29H2,2,4-5H3/b23-20-/t18?,28-/m1/s1. The Labute approximate surface area is 195 Å². The molecule has 0 saturated carbocycles. The summed E-state index contributed by atoms with van der Waals surface area (Å²) in [6.07, 6.45) is 2.59. The average Bonchev–Trinajstić information content (AvgIpc) is 3.11. The summed E-state index contributed by atoms with van der Waals surface area (Å²) in [6.45, 7) is 12.4. The Hall–Kier alpha value is -3.12. The van der Waals surface area contributed by atoms with Crippen LogP contribution >= 0.6 is 0 Å². The van der Waals surface area contributed by atoms with Gasteiger partial charge in [0.25, 0.3) is 0 Å². The van der Waals surface area contributed by atoms with Crippen LogP contribution in [0, 0.1) is 0 Å². The topological polar surface area (TPSA) is 55.5 Å². The number of aromatic nitrogens is 1. The maximum Gasteiger partial charge on any atom is 0.201 e. The Bertz CT molecular complexity index is 1300. The molecule has 3 N–H and O–H groups in total. The van der Waals surface area contributed by atoms with Gasteiger partial charge in [-0.15, -0.1) is 0 Å². The molecule has 2 aliphatic heterocycles. The van der Waals surface area contributed by atoms with Gasteiger partial charge in [0.2, 0.25) is 5.85 Å². The van der Waals surface area contributed by atoms with Crippen LogP contribution in [0.25, 0.3) is 22.0 Å². The van der Waals surface area contributed by atoms with E-state index in [0.29, 0.717) is 13.0 Å². The van der Waals surface area contributed by atoms with Crippen molar-refractivity contribution in [3.63, 3.8) is 0 Å². The third kappa shape index (κ3) is 3.11. The van der Waals surface area contributed by atoms with Crippen molar-refractivity contribution in [2.75, 3.05) is 25.6 Å². The van der Waals surface area contributed by atoms with Crippen molar-refractivity contribution in [1.82, 2.24) is 9.88 Å². The lowest BCUT2D eigenvalue weighted by Gasteiger charge is -2.35. The molecule has 5 rings (SSSR count). The molecule has 2 bridgehead atoms. The van der Waals surface area contributed by atoms with Crippen LogP contribution in [-0.2, 0) is 17.1 Å². The van der Waals surface area contributed by atoms with Crippen molar-refractivity contribution >= 4 is 27.7 Å². The summed E-state index contributed by atoms with van der Waals surface area (Å²) in [6, 6.07) is 17.1. The lowest BCUT2D eigenvalue weighted by Crippen LogP contribution is -2.47. The summed E-state index contributed by atoms with van der Waals surface area (Å²) in [5.41, 5.74) is 16.0. The Morgan fingerprint density at radius 1 is 1.21 bits per heavy atom. The number of hydrogen-bond acceptors (Lipinski definition) is 4. The number of allylic oxidation sites excluding steroid dienone is 3. The van der Waals surface area contributed by atoms with E-state index in [4.69, 9.17) is 10.5 Å². The molecular formula is C28H32N4O. The van der Waals surface area contributed by atoms with E-state index in [2.05, 4.69) is 83.4 Å². The Morgan fingerprint density at radius 2 is 1.94 bits per heavy atom. The Kier molecular flexibility index (Phi) is 5.28. The van der Waals surface area contributed by atoms with Crippen LogP contribution in [0.2, 0.25) is 0 Å². The third-order valence-corrected chi connectivity index (χ3v) is 7.19. The number of hydrogen-bond donors (Lipinski definition) is 2. The zero-order chi connectivity index (χ0) is 23.3. The van der Waals surface area contributed by atoms with Crippen LogP contribution in [-0.4, -0.2) is 31.3 Å². The van der Waals surface area contributed by atoms with Gasteiger partial charge < -0.3 is 19.5 Å². The zero-order valence-corrected chi connectivity index (χ0v) is 19.7. The van der Waals surface area contributed by atoms with E-state index in [1.807, 2.05) is 13.1 Å². The molecule has 2 aromatic carbocycles. The average molecular weight is 441 g/mol. The number of methoxy groups -OCH3 is 1. The van der Waals surface area contributed by atoms with Gasteiger partial charge >= 0.3 is 0 Å². The molecule has 0 fully saturated rings. The highest BCUT2D eigenvalue weighted by molar-refractivity contribution is 6.03. The van der Waals surface area contributed by atoms with Gasteiger partial charge in [0, 0.05) is 54.0 Å². The molecule has 1 unspecified atom stereocenters. The largest absolute Gasteiger partial charge is 0.362 e. The Morgan fingerprint density at radius 3 is 2.67 bits per heavy atom. The van der Waals surface area contributed by atoms with Crippen LogP contribution in [0.3, 0.4) is 0 Å². The molecule has 2 aliphatic rings. The van der Waals surface area contributed by atoms with E-state index in [9.17, 15) is 0 Å². The molecule has 0 radical (unpaired) electrons. The van der Waals surface area contributed by atoms with Gasteiger partial charge in [0.15, 0.2) is 0 Å². The van der Waals surface area contributed by atoms with Gasteiger partial charge in [-0.1, -0.05) is 55.6 Å². The number of benzene rings is 2. The van der Waals surface area contributed by atoms with Gasteiger partial charge in [-0.05, 0) is 42.8 Å². The molecule has 3 aromatic rings. The first-order valence-electron chi connectivity index (χ1n) is 11.5. The first-order valence-corrected chi connectivity index (χ1v) is 11.5. The molecule has 3 heterocycles. The number of anilines is 1. The predicted molar refractivity (Wildman–Crippen MR) is 138 cm³/mol. The summed E-state index contributed by atoms with van der Waals surface area (Å²) in [7, 11) is 3.69. The number of likely N-dealkylation sites (N-methyl/N-ethyl adjacent to an activating group) is 1. The smallest absolute Gasteiger partial charge is 0.201 e. The number of ether oxygens (including phenoxy) is 1. The molecule has 0 spiro atoms.